The highest BCUT2D eigenvalue weighted by Crippen LogP contribution is 2.14. The summed E-state index contributed by atoms with van der Waals surface area (Å²) in [5, 5.41) is 13.3. The summed E-state index contributed by atoms with van der Waals surface area (Å²) in [6.45, 7) is 5.72. The van der Waals surface area contributed by atoms with Crippen LogP contribution in [-0.2, 0) is 11.2 Å². The highest BCUT2D eigenvalue weighted by Gasteiger charge is 2.05. The number of rotatable bonds is 6. The van der Waals surface area contributed by atoms with Crippen molar-refractivity contribution in [2.75, 3.05) is 6.54 Å². The van der Waals surface area contributed by atoms with E-state index in [2.05, 4.69) is 11.9 Å². The van der Waals surface area contributed by atoms with Gasteiger partial charge in [-0.1, -0.05) is 18.7 Å². The summed E-state index contributed by atoms with van der Waals surface area (Å²) in [6, 6.07) is 6.53. The van der Waals surface area contributed by atoms with Crippen LogP contribution in [-0.4, -0.2) is 17.4 Å². The van der Waals surface area contributed by atoms with Crippen LogP contribution in [0.2, 0.25) is 0 Å². The van der Waals surface area contributed by atoms with E-state index >= 15 is 0 Å². The van der Waals surface area contributed by atoms with E-state index in [1.54, 1.807) is 19.1 Å². The number of aryl methyl sites for hydroxylation is 1. The minimum absolute atomic E-state index is 0.0958. The molecule has 0 fully saturated rings. The summed E-state index contributed by atoms with van der Waals surface area (Å²) < 4.78 is 0. The zero-order valence-electron chi connectivity index (χ0n) is 10.3. The predicted molar refractivity (Wildman–Crippen MR) is 69.2 cm³/mol. The van der Waals surface area contributed by atoms with Crippen molar-refractivity contribution in [3.8, 4) is 0 Å². The van der Waals surface area contributed by atoms with Crippen LogP contribution >= 0.6 is 0 Å². The second-order valence-electron chi connectivity index (χ2n) is 4.07. The molecule has 0 unspecified atom stereocenters. The fourth-order valence-electron chi connectivity index (χ4n) is 1.47. The van der Waals surface area contributed by atoms with Crippen molar-refractivity contribution < 1.29 is 9.72 Å². The second kappa shape index (κ2) is 6.54. The zero-order chi connectivity index (χ0) is 13.5. The lowest BCUT2D eigenvalue weighted by Gasteiger charge is -2.04. The van der Waals surface area contributed by atoms with Crippen molar-refractivity contribution in [1.82, 2.24) is 5.32 Å². The molecule has 0 radical (unpaired) electrons. The molecule has 0 atom stereocenters. The first-order chi connectivity index (χ1) is 8.50. The lowest BCUT2D eigenvalue weighted by Crippen LogP contribution is -2.24. The molecule has 1 N–H and O–H groups in total. The molecule has 18 heavy (non-hydrogen) atoms. The molecule has 0 bridgehead atoms. The standard InChI is InChI=1S/C13H16N2O3/c1-10(2)13(16)14-8-4-6-11-5-3-7-12(9-11)15(17)18/h3,5,7,9H,1,4,6,8H2,2H3,(H,14,16). The summed E-state index contributed by atoms with van der Waals surface area (Å²) in [6.07, 6.45) is 1.43. The van der Waals surface area contributed by atoms with Crippen LogP contribution in [0.25, 0.3) is 0 Å². The first-order valence-corrected chi connectivity index (χ1v) is 5.67. The molecule has 1 rings (SSSR count). The highest BCUT2D eigenvalue weighted by atomic mass is 16.6. The average molecular weight is 248 g/mol. The maximum absolute atomic E-state index is 11.2. The molecular formula is C13H16N2O3. The van der Waals surface area contributed by atoms with Crippen LogP contribution in [0.5, 0.6) is 0 Å². The van der Waals surface area contributed by atoms with Gasteiger partial charge in [-0.15, -0.1) is 0 Å². The van der Waals surface area contributed by atoms with E-state index in [1.807, 2.05) is 6.07 Å². The van der Waals surface area contributed by atoms with Gasteiger partial charge < -0.3 is 5.32 Å². The van der Waals surface area contributed by atoms with Gasteiger partial charge in [-0.05, 0) is 25.3 Å². The van der Waals surface area contributed by atoms with Gasteiger partial charge in [0.05, 0.1) is 4.92 Å². The number of nitro benzene ring substituents is 1. The van der Waals surface area contributed by atoms with Crippen LogP contribution in [0.3, 0.4) is 0 Å². The molecule has 0 saturated heterocycles. The predicted octanol–water partition coefficient (Wildman–Crippen LogP) is 2.22. The topological polar surface area (TPSA) is 72.2 Å². The van der Waals surface area contributed by atoms with Gasteiger partial charge in [-0.3, -0.25) is 14.9 Å². The van der Waals surface area contributed by atoms with Crippen molar-refractivity contribution >= 4 is 11.6 Å². The molecule has 1 aromatic carbocycles. The third-order valence-corrected chi connectivity index (χ3v) is 2.44. The van der Waals surface area contributed by atoms with E-state index in [1.165, 1.54) is 6.07 Å². The number of nitro groups is 1. The smallest absolute Gasteiger partial charge is 0.269 e. The van der Waals surface area contributed by atoms with E-state index in [9.17, 15) is 14.9 Å². The van der Waals surface area contributed by atoms with Crippen molar-refractivity contribution in [1.29, 1.82) is 0 Å². The second-order valence-corrected chi connectivity index (χ2v) is 4.07. The third kappa shape index (κ3) is 4.37. The minimum Gasteiger partial charge on any atom is -0.352 e. The molecule has 0 aromatic heterocycles. The Morgan fingerprint density at radius 3 is 2.83 bits per heavy atom. The van der Waals surface area contributed by atoms with Gasteiger partial charge in [0.15, 0.2) is 0 Å². The monoisotopic (exact) mass is 248 g/mol. The molecular weight excluding hydrogens is 232 g/mol. The van der Waals surface area contributed by atoms with E-state index in [-0.39, 0.29) is 11.6 Å². The van der Waals surface area contributed by atoms with E-state index in [4.69, 9.17) is 0 Å². The number of benzene rings is 1. The van der Waals surface area contributed by atoms with Crippen molar-refractivity contribution in [3.63, 3.8) is 0 Å². The largest absolute Gasteiger partial charge is 0.352 e. The van der Waals surface area contributed by atoms with Gasteiger partial charge in [0.1, 0.15) is 0 Å². The molecule has 0 aliphatic carbocycles. The van der Waals surface area contributed by atoms with Gasteiger partial charge in [0.2, 0.25) is 5.91 Å². The Hall–Kier alpha value is -2.17. The Balaban J connectivity index is 2.40. The summed E-state index contributed by atoms with van der Waals surface area (Å²) in [4.78, 5) is 21.4. The first-order valence-electron chi connectivity index (χ1n) is 5.67. The minimum atomic E-state index is -0.410. The fraction of sp³-hybridized carbons (Fsp3) is 0.308. The molecule has 0 aliphatic heterocycles. The quantitative estimate of drug-likeness (QED) is 0.363. The van der Waals surface area contributed by atoms with Crippen LogP contribution in [0.1, 0.15) is 18.9 Å². The lowest BCUT2D eigenvalue weighted by atomic mass is 10.1. The van der Waals surface area contributed by atoms with Crippen molar-refractivity contribution in [3.05, 3.63) is 52.1 Å². The highest BCUT2D eigenvalue weighted by molar-refractivity contribution is 5.91. The molecule has 96 valence electrons. The Labute approximate surface area is 106 Å². The lowest BCUT2D eigenvalue weighted by molar-refractivity contribution is -0.384. The number of amides is 1. The van der Waals surface area contributed by atoms with Crippen LogP contribution < -0.4 is 5.32 Å². The summed E-state index contributed by atoms with van der Waals surface area (Å²) in [5.74, 6) is -0.158. The molecule has 1 amide bonds. The Morgan fingerprint density at radius 2 is 2.22 bits per heavy atom. The molecule has 0 spiro atoms. The Kier molecular flexibility index (Phi) is 5.05. The van der Waals surface area contributed by atoms with Gasteiger partial charge in [0.25, 0.3) is 5.69 Å². The van der Waals surface area contributed by atoms with Crippen LogP contribution in [0, 0.1) is 10.1 Å². The SMILES string of the molecule is C=C(C)C(=O)NCCCc1cccc([N+](=O)[O-])c1. The van der Waals surface area contributed by atoms with Crippen molar-refractivity contribution in [2.45, 2.75) is 19.8 Å². The fourth-order valence-corrected chi connectivity index (χ4v) is 1.47. The molecule has 0 heterocycles. The third-order valence-electron chi connectivity index (χ3n) is 2.44. The Morgan fingerprint density at radius 1 is 1.50 bits per heavy atom. The number of hydrogen-bond donors (Lipinski definition) is 1. The molecule has 0 saturated carbocycles. The van der Waals surface area contributed by atoms with E-state index in [0.717, 1.165) is 12.0 Å². The summed E-state index contributed by atoms with van der Waals surface area (Å²) in [7, 11) is 0. The number of nitrogens with zero attached hydrogens (tertiary/aromatic N) is 1. The van der Waals surface area contributed by atoms with Crippen LogP contribution in [0.4, 0.5) is 5.69 Å². The number of carbonyl (C=O) groups excluding carboxylic acids is 1. The molecule has 5 heteroatoms. The Bertz CT molecular complexity index is 469. The summed E-state index contributed by atoms with van der Waals surface area (Å²) in [5.41, 5.74) is 1.47. The molecule has 0 aliphatic rings. The van der Waals surface area contributed by atoms with Crippen LogP contribution in [0.15, 0.2) is 36.4 Å². The zero-order valence-corrected chi connectivity index (χ0v) is 10.3. The average Bonchev–Trinajstić information content (AvgIpc) is 2.34. The number of non-ortho nitro benzene ring substituents is 1. The first kappa shape index (κ1) is 13.9. The van der Waals surface area contributed by atoms with Gasteiger partial charge in [-0.2, -0.15) is 0 Å². The number of carbonyl (C=O) groups is 1. The molecule has 5 nitrogen and oxygen atoms in total. The van der Waals surface area contributed by atoms with Gasteiger partial charge >= 0.3 is 0 Å². The van der Waals surface area contributed by atoms with Crippen molar-refractivity contribution in [2.24, 2.45) is 0 Å². The molecule has 1 aromatic rings. The summed E-state index contributed by atoms with van der Waals surface area (Å²) >= 11 is 0. The van der Waals surface area contributed by atoms with E-state index < -0.39 is 4.92 Å². The van der Waals surface area contributed by atoms with Gasteiger partial charge in [-0.25, -0.2) is 0 Å². The maximum atomic E-state index is 11.2. The maximum Gasteiger partial charge on any atom is 0.269 e. The number of nitrogens with one attached hydrogen (secondary N) is 1. The van der Waals surface area contributed by atoms with E-state index in [0.29, 0.717) is 18.5 Å². The number of hydrogen-bond acceptors (Lipinski definition) is 3. The normalized spacial score (nSPS) is 9.83. The van der Waals surface area contributed by atoms with Gasteiger partial charge in [0, 0.05) is 24.3 Å².